The molecule has 0 radical (unpaired) electrons. The number of amides is 1. The van der Waals surface area contributed by atoms with Crippen molar-refractivity contribution >= 4 is 11.9 Å². The molecule has 2 aromatic heterocycles. The third-order valence-corrected chi connectivity index (χ3v) is 4.01. The molecule has 0 fully saturated rings. The number of nitrogens with zero attached hydrogens (tertiary/aromatic N) is 1. The van der Waals surface area contributed by atoms with Gasteiger partial charge in [0.15, 0.2) is 6.61 Å². The SMILES string of the molecule is CN(Cc1ccco1)C(=O)COC(=O)c1ccc(-c2cccc(C(F)(F)F)c2)o1. The molecule has 152 valence electrons. The molecule has 0 N–H and O–H groups in total. The fourth-order valence-electron chi connectivity index (χ4n) is 2.48. The van der Waals surface area contributed by atoms with Crippen molar-refractivity contribution in [3.8, 4) is 11.3 Å². The first-order valence-electron chi connectivity index (χ1n) is 8.45. The molecule has 2 heterocycles. The van der Waals surface area contributed by atoms with Gasteiger partial charge in [0.25, 0.3) is 5.91 Å². The molecule has 29 heavy (non-hydrogen) atoms. The number of furan rings is 2. The summed E-state index contributed by atoms with van der Waals surface area (Å²) in [4.78, 5) is 25.4. The van der Waals surface area contributed by atoms with Crippen LogP contribution in [0.15, 0.2) is 63.6 Å². The number of likely N-dealkylation sites (N-methyl/N-ethyl adjacent to an activating group) is 1. The van der Waals surface area contributed by atoms with Gasteiger partial charge in [-0.3, -0.25) is 4.79 Å². The number of rotatable bonds is 6. The van der Waals surface area contributed by atoms with Gasteiger partial charge in [-0.1, -0.05) is 12.1 Å². The van der Waals surface area contributed by atoms with E-state index in [2.05, 4.69) is 0 Å². The highest BCUT2D eigenvalue weighted by Crippen LogP contribution is 2.32. The highest BCUT2D eigenvalue weighted by atomic mass is 19.4. The van der Waals surface area contributed by atoms with Crippen LogP contribution in [-0.4, -0.2) is 30.4 Å². The zero-order valence-corrected chi connectivity index (χ0v) is 15.2. The van der Waals surface area contributed by atoms with Crippen molar-refractivity contribution in [1.82, 2.24) is 4.90 Å². The van der Waals surface area contributed by atoms with E-state index in [-0.39, 0.29) is 23.6 Å². The quantitative estimate of drug-likeness (QED) is 0.568. The molecule has 0 unspecified atom stereocenters. The fraction of sp³-hybridized carbons (Fsp3) is 0.200. The van der Waals surface area contributed by atoms with Gasteiger partial charge >= 0.3 is 12.1 Å². The molecule has 3 rings (SSSR count). The number of hydrogen-bond donors (Lipinski definition) is 0. The molecule has 0 aliphatic heterocycles. The van der Waals surface area contributed by atoms with E-state index in [4.69, 9.17) is 13.6 Å². The Bertz CT molecular complexity index is 992. The summed E-state index contributed by atoms with van der Waals surface area (Å²) in [5.41, 5.74) is -0.672. The lowest BCUT2D eigenvalue weighted by Gasteiger charge is -2.15. The maximum Gasteiger partial charge on any atom is 0.416 e. The molecule has 0 saturated carbocycles. The van der Waals surface area contributed by atoms with Gasteiger partial charge in [0.2, 0.25) is 5.76 Å². The Balaban J connectivity index is 1.60. The smallest absolute Gasteiger partial charge is 0.416 e. The lowest BCUT2D eigenvalue weighted by atomic mass is 10.1. The van der Waals surface area contributed by atoms with Crippen LogP contribution >= 0.6 is 0 Å². The molecule has 0 saturated heterocycles. The molecule has 0 bridgehead atoms. The molecule has 6 nitrogen and oxygen atoms in total. The first-order valence-corrected chi connectivity index (χ1v) is 8.45. The average molecular weight is 407 g/mol. The Hall–Kier alpha value is -3.49. The number of carbonyl (C=O) groups is 2. The number of halogens is 3. The molecule has 0 spiro atoms. The molecule has 3 aromatic rings. The lowest BCUT2D eigenvalue weighted by Crippen LogP contribution is -2.30. The van der Waals surface area contributed by atoms with Crippen molar-refractivity contribution < 1.29 is 36.3 Å². The van der Waals surface area contributed by atoms with Gasteiger partial charge in [-0.15, -0.1) is 0 Å². The second kappa shape index (κ2) is 8.26. The highest BCUT2D eigenvalue weighted by molar-refractivity contribution is 5.89. The molecule has 9 heteroatoms. The van der Waals surface area contributed by atoms with Crippen LogP contribution < -0.4 is 0 Å². The van der Waals surface area contributed by atoms with E-state index in [0.29, 0.717) is 5.76 Å². The molecule has 0 aliphatic rings. The number of benzene rings is 1. The second-order valence-electron chi connectivity index (χ2n) is 6.15. The van der Waals surface area contributed by atoms with Gasteiger partial charge in [-0.05, 0) is 36.4 Å². The second-order valence-corrected chi connectivity index (χ2v) is 6.15. The zero-order valence-electron chi connectivity index (χ0n) is 15.2. The van der Waals surface area contributed by atoms with Gasteiger partial charge in [0.05, 0.1) is 18.4 Å². The van der Waals surface area contributed by atoms with Crippen LogP contribution in [0, 0.1) is 0 Å². The first-order chi connectivity index (χ1) is 13.7. The third-order valence-electron chi connectivity index (χ3n) is 4.01. The van der Waals surface area contributed by atoms with Crippen LogP contribution in [0.2, 0.25) is 0 Å². The molecule has 1 aromatic carbocycles. The lowest BCUT2D eigenvalue weighted by molar-refractivity contribution is -0.137. The van der Waals surface area contributed by atoms with Crippen LogP contribution in [0.5, 0.6) is 0 Å². The van der Waals surface area contributed by atoms with E-state index in [1.54, 1.807) is 12.1 Å². The van der Waals surface area contributed by atoms with Crippen molar-refractivity contribution in [2.24, 2.45) is 0 Å². The normalized spacial score (nSPS) is 11.3. The maximum absolute atomic E-state index is 12.8. The van der Waals surface area contributed by atoms with Crippen molar-refractivity contribution in [2.75, 3.05) is 13.7 Å². The number of carbonyl (C=O) groups excluding carboxylic acids is 2. The number of ether oxygens (including phenoxy) is 1. The van der Waals surface area contributed by atoms with Crippen LogP contribution in [0.25, 0.3) is 11.3 Å². The summed E-state index contributed by atoms with van der Waals surface area (Å²) in [5, 5.41) is 0. The summed E-state index contributed by atoms with van der Waals surface area (Å²) in [6.07, 6.45) is -3.01. The summed E-state index contributed by atoms with van der Waals surface area (Å²) in [6, 6.07) is 10.5. The van der Waals surface area contributed by atoms with E-state index >= 15 is 0 Å². The molecule has 1 amide bonds. The van der Waals surface area contributed by atoms with E-state index in [1.165, 1.54) is 42.5 Å². The van der Waals surface area contributed by atoms with Gasteiger partial charge in [-0.2, -0.15) is 13.2 Å². The first kappa shape index (κ1) is 20.2. The molecular formula is C20H16F3NO5. The van der Waals surface area contributed by atoms with Crippen LogP contribution in [0.4, 0.5) is 13.2 Å². The van der Waals surface area contributed by atoms with E-state index in [0.717, 1.165) is 12.1 Å². The Morgan fingerprint density at radius 3 is 2.59 bits per heavy atom. The van der Waals surface area contributed by atoms with Crippen molar-refractivity contribution in [1.29, 1.82) is 0 Å². The average Bonchev–Trinajstić information content (AvgIpc) is 3.37. The molecule has 0 aliphatic carbocycles. The van der Waals surface area contributed by atoms with Crippen molar-refractivity contribution in [3.63, 3.8) is 0 Å². The van der Waals surface area contributed by atoms with Gasteiger partial charge in [0, 0.05) is 12.6 Å². The summed E-state index contributed by atoms with van der Waals surface area (Å²) < 4.78 is 53.8. The Morgan fingerprint density at radius 1 is 1.10 bits per heavy atom. The van der Waals surface area contributed by atoms with E-state index in [1.807, 2.05) is 0 Å². The predicted octanol–water partition coefficient (Wildman–Crippen LogP) is 4.37. The summed E-state index contributed by atoms with van der Waals surface area (Å²) in [6.45, 7) is -0.306. The van der Waals surface area contributed by atoms with Gasteiger partial charge in [0.1, 0.15) is 11.5 Å². The Kier molecular flexibility index (Phi) is 5.76. The van der Waals surface area contributed by atoms with Gasteiger partial charge in [-0.25, -0.2) is 4.79 Å². The highest BCUT2D eigenvalue weighted by Gasteiger charge is 2.30. The fourth-order valence-corrected chi connectivity index (χ4v) is 2.48. The molecular weight excluding hydrogens is 391 g/mol. The summed E-state index contributed by atoms with van der Waals surface area (Å²) in [7, 11) is 1.53. The number of alkyl halides is 3. The summed E-state index contributed by atoms with van der Waals surface area (Å²) in [5.74, 6) is -0.936. The third kappa shape index (κ3) is 5.07. The van der Waals surface area contributed by atoms with Gasteiger partial charge < -0.3 is 18.5 Å². The minimum atomic E-state index is -4.49. The number of esters is 1. The number of hydrogen-bond acceptors (Lipinski definition) is 5. The summed E-state index contributed by atoms with van der Waals surface area (Å²) >= 11 is 0. The zero-order chi connectivity index (χ0) is 21.0. The standard InChI is InChI=1S/C20H16F3NO5/c1-24(11-15-6-3-9-27-15)18(25)12-28-19(26)17-8-7-16(29-17)13-4-2-5-14(10-13)20(21,22)23/h2-10H,11-12H2,1H3. The monoisotopic (exact) mass is 407 g/mol. The topological polar surface area (TPSA) is 72.9 Å². The Labute approximate surface area is 163 Å². The van der Waals surface area contributed by atoms with Crippen LogP contribution in [0.3, 0.4) is 0 Å². The Morgan fingerprint density at radius 2 is 1.90 bits per heavy atom. The predicted molar refractivity (Wildman–Crippen MR) is 94.6 cm³/mol. The van der Waals surface area contributed by atoms with Crippen LogP contribution in [0.1, 0.15) is 21.9 Å². The maximum atomic E-state index is 12.8. The van der Waals surface area contributed by atoms with E-state index < -0.39 is 30.2 Å². The van der Waals surface area contributed by atoms with Crippen LogP contribution in [-0.2, 0) is 22.3 Å². The minimum absolute atomic E-state index is 0.0734. The van der Waals surface area contributed by atoms with E-state index in [9.17, 15) is 22.8 Å². The largest absolute Gasteiger partial charge is 0.467 e. The molecule has 0 atom stereocenters. The van der Waals surface area contributed by atoms with Crippen molar-refractivity contribution in [3.05, 3.63) is 71.9 Å². The minimum Gasteiger partial charge on any atom is -0.467 e. The van der Waals surface area contributed by atoms with Crippen molar-refractivity contribution in [2.45, 2.75) is 12.7 Å².